The molecule has 2 heterocycles. The van der Waals surface area contributed by atoms with Crippen molar-refractivity contribution in [2.75, 3.05) is 13.2 Å². The number of aromatic nitrogens is 2. The van der Waals surface area contributed by atoms with E-state index in [9.17, 15) is 15.2 Å². The van der Waals surface area contributed by atoms with Crippen LogP contribution < -0.4 is 0 Å². The van der Waals surface area contributed by atoms with Gasteiger partial charge in [0.25, 0.3) is 0 Å². The predicted molar refractivity (Wildman–Crippen MR) is 77.0 cm³/mol. The molecule has 0 aliphatic heterocycles. The molecule has 1 saturated carbocycles. The zero-order valence-electron chi connectivity index (χ0n) is 11.7. The number of hydrogen-bond acceptors (Lipinski definition) is 5. The van der Waals surface area contributed by atoms with Crippen molar-refractivity contribution < 1.29 is 10.0 Å². The van der Waals surface area contributed by atoms with Gasteiger partial charge in [0, 0.05) is 25.2 Å². The lowest BCUT2D eigenvalue weighted by atomic mass is 9.91. The van der Waals surface area contributed by atoms with E-state index in [0.29, 0.717) is 30.5 Å². The average Bonchev–Trinajstić information content (AvgIpc) is 2.74. The highest BCUT2D eigenvalue weighted by Gasteiger charge is 2.29. The van der Waals surface area contributed by atoms with Crippen molar-refractivity contribution in [1.82, 2.24) is 14.3 Å². The summed E-state index contributed by atoms with van der Waals surface area (Å²) in [6, 6.07) is 5.73. The van der Waals surface area contributed by atoms with Gasteiger partial charge in [0.1, 0.15) is 0 Å². The van der Waals surface area contributed by atoms with Gasteiger partial charge >= 0.3 is 5.82 Å². The normalized spacial score (nSPS) is 15.5. The summed E-state index contributed by atoms with van der Waals surface area (Å²) in [5.74, 6) is 0.0212. The van der Waals surface area contributed by atoms with Crippen LogP contribution in [-0.4, -0.2) is 43.5 Å². The Labute approximate surface area is 122 Å². The molecule has 0 amide bonds. The minimum Gasteiger partial charge on any atom is -0.395 e. The predicted octanol–water partition coefficient (Wildman–Crippen LogP) is 1.59. The third-order valence-electron chi connectivity index (χ3n) is 4.08. The third kappa shape index (κ3) is 2.62. The summed E-state index contributed by atoms with van der Waals surface area (Å²) in [4.78, 5) is 17.5. The van der Waals surface area contributed by atoms with E-state index in [2.05, 4.69) is 9.88 Å². The van der Waals surface area contributed by atoms with E-state index in [1.54, 1.807) is 18.3 Å². The van der Waals surface area contributed by atoms with Gasteiger partial charge in [-0.25, -0.2) is 4.98 Å². The van der Waals surface area contributed by atoms with Crippen LogP contribution in [0.2, 0.25) is 0 Å². The van der Waals surface area contributed by atoms with Crippen molar-refractivity contribution in [3.63, 3.8) is 0 Å². The highest BCUT2D eigenvalue weighted by molar-refractivity contribution is 5.48. The Morgan fingerprint density at radius 3 is 2.90 bits per heavy atom. The number of pyridine rings is 1. The van der Waals surface area contributed by atoms with Crippen molar-refractivity contribution >= 4 is 11.5 Å². The summed E-state index contributed by atoms with van der Waals surface area (Å²) in [5.41, 5.74) is 1.04. The number of fused-ring (bicyclic) bond motifs is 1. The topological polar surface area (TPSA) is 83.9 Å². The van der Waals surface area contributed by atoms with Crippen LogP contribution in [0.1, 0.15) is 25.0 Å². The average molecular weight is 290 g/mol. The summed E-state index contributed by atoms with van der Waals surface area (Å²) in [6.07, 6.45) is 5.01. The Morgan fingerprint density at radius 1 is 1.48 bits per heavy atom. The standard InChI is InChI=1S/C14H18N4O3/c19-9-8-16(11-4-3-5-11)10-12-14(18(20)21)17-7-2-1-6-13(17)15-12/h1-2,6-7,11,19H,3-5,8-10H2. The summed E-state index contributed by atoms with van der Waals surface area (Å²) >= 11 is 0. The number of aliphatic hydroxyl groups is 1. The van der Waals surface area contributed by atoms with Gasteiger partial charge in [-0.1, -0.05) is 12.5 Å². The molecule has 1 fully saturated rings. The van der Waals surface area contributed by atoms with Gasteiger partial charge in [0.05, 0.1) is 12.8 Å². The Balaban J connectivity index is 1.94. The van der Waals surface area contributed by atoms with Gasteiger partial charge in [-0.15, -0.1) is 0 Å². The summed E-state index contributed by atoms with van der Waals surface area (Å²) < 4.78 is 1.51. The Kier molecular flexibility index (Phi) is 3.85. The number of hydrogen-bond donors (Lipinski definition) is 1. The first kappa shape index (κ1) is 14.0. The molecular weight excluding hydrogens is 272 g/mol. The maximum atomic E-state index is 11.4. The molecule has 0 unspecified atom stereocenters. The molecular formula is C14H18N4O3. The quantitative estimate of drug-likeness (QED) is 0.645. The van der Waals surface area contributed by atoms with Gasteiger partial charge < -0.3 is 15.2 Å². The fourth-order valence-electron chi connectivity index (χ4n) is 2.79. The maximum Gasteiger partial charge on any atom is 0.352 e. The molecule has 21 heavy (non-hydrogen) atoms. The lowest BCUT2D eigenvalue weighted by Crippen LogP contribution is -2.41. The van der Waals surface area contributed by atoms with Crippen LogP contribution in [0.5, 0.6) is 0 Å². The lowest BCUT2D eigenvalue weighted by molar-refractivity contribution is -0.391. The second-order valence-corrected chi connectivity index (χ2v) is 5.35. The third-order valence-corrected chi connectivity index (χ3v) is 4.08. The minimum atomic E-state index is -0.382. The van der Waals surface area contributed by atoms with Gasteiger partial charge in [-0.05, 0) is 23.8 Å². The van der Waals surface area contributed by atoms with Gasteiger partial charge in [0.15, 0.2) is 5.69 Å². The maximum absolute atomic E-state index is 11.4. The summed E-state index contributed by atoms with van der Waals surface area (Å²) in [6.45, 7) is 0.983. The number of aliphatic hydroxyl groups excluding tert-OH is 1. The van der Waals surface area contributed by atoms with Crippen molar-refractivity contribution in [3.8, 4) is 0 Å². The number of imidazole rings is 1. The van der Waals surface area contributed by atoms with Crippen molar-refractivity contribution in [3.05, 3.63) is 40.2 Å². The van der Waals surface area contributed by atoms with E-state index < -0.39 is 0 Å². The van der Waals surface area contributed by atoms with Gasteiger partial charge in [-0.3, -0.25) is 4.90 Å². The van der Waals surface area contributed by atoms with Crippen LogP contribution in [0.4, 0.5) is 5.82 Å². The first-order valence-corrected chi connectivity index (χ1v) is 7.16. The van der Waals surface area contributed by atoms with Gasteiger partial charge in [0.2, 0.25) is 5.65 Å². The lowest BCUT2D eigenvalue weighted by Gasteiger charge is -2.36. The number of nitrogens with zero attached hydrogens (tertiary/aromatic N) is 4. The fourth-order valence-corrected chi connectivity index (χ4v) is 2.79. The molecule has 0 atom stereocenters. The zero-order chi connectivity index (χ0) is 14.8. The van der Waals surface area contributed by atoms with E-state index in [1.807, 2.05) is 6.07 Å². The van der Waals surface area contributed by atoms with Crippen LogP contribution in [-0.2, 0) is 6.54 Å². The Bertz CT molecular complexity index is 651. The zero-order valence-corrected chi connectivity index (χ0v) is 11.7. The number of rotatable bonds is 6. The molecule has 3 rings (SSSR count). The monoisotopic (exact) mass is 290 g/mol. The largest absolute Gasteiger partial charge is 0.395 e. The molecule has 7 heteroatoms. The Morgan fingerprint density at radius 2 is 2.29 bits per heavy atom. The first-order chi connectivity index (χ1) is 10.2. The molecule has 2 aromatic heterocycles. The number of nitro groups is 1. The molecule has 0 aromatic carbocycles. The highest BCUT2D eigenvalue weighted by Crippen LogP contribution is 2.28. The molecule has 2 aromatic rings. The first-order valence-electron chi connectivity index (χ1n) is 7.16. The van der Waals surface area contributed by atoms with E-state index >= 15 is 0 Å². The molecule has 1 aliphatic rings. The minimum absolute atomic E-state index is 0.0212. The molecule has 1 N–H and O–H groups in total. The Hall–Kier alpha value is -1.99. The van der Waals surface area contributed by atoms with E-state index in [-0.39, 0.29) is 17.3 Å². The van der Waals surface area contributed by atoms with Crippen LogP contribution in [0.15, 0.2) is 24.4 Å². The smallest absolute Gasteiger partial charge is 0.352 e. The molecule has 0 radical (unpaired) electrons. The molecule has 0 bridgehead atoms. The second-order valence-electron chi connectivity index (χ2n) is 5.35. The van der Waals surface area contributed by atoms with E-state index in [1.165, 1.54) is 10.8 Å². The van der Waals surface area contributed by atoms with Crippen LogP contribution in [0.3, 0.4) is 0 Å². The van der Waals surface area contributed by atoms with Gasteiger partial charge in [-0.2, -0.15) is 4.40 Å². The van der Waals surface area contributed by atoms with Crippen molar-refractivity contribution in [1.29, 1.82) is 0 Å². The molecule has 112 valence electrons. The SMILES string of the molecule is O=[N+]([O-])c1c(CN(CCO)C2CCC2)nc2ccccn12. The summed E-state index contributed by atoms with van der Waals surface area (Å²) in [7, 11) is 0. The molecule has 0 saturated heterocycles. The van der Waals surface area contributed by atoms with Crippen LogP contribution >= 0.6 is 0 Å². The summed E-state index contributed by atoms with van der Waals surface area (Å²) in [5, 5.41) is 20.6. The molecule has 0 spiro atoms. The molecule has 1 aliphatic carbocycles. The highest BCUT2D eigenvalue weighted by atomic mass is 16.6. The molecule has 7 nitrogen and oxygen atoms in total. The fraction of sp³-hybridized carbons (Fsp3) is 0.500. The van der Waals surface area contributed by atoms with Crippen LogP contribution in [0, 0.1) is 10.1 Å². The second kappa shape index (κ2) is 5.79. The van der Waals surface area contributed by atoms with Crippen molar-refractivity contribution in [2.45, 2.75) is 31.8 Å². The van der Waals surface area contributed by atoms with Crippen molar-refractivity contribution in [2.24, 2.45) is 0 Å². The van der Waals surface area contributed by atoms with E-state index in [0.717, 1.165) is 12.8 Å². The van der Waals surface area contributed by atoms with E-state index in [4.69, 9.17) is 0 Å². The van der Waals surface area contributed by atoms with Crippen LogP contribution in [0.25, 0.3) is 5.65 Å².